The summed E-state index contributed by atoms with van der Waals surface area (Å²) in [6, 6.07) is 0. The van der Waals surface area contributed by atoms with E-state index in [-0.39, 0.29) is 18.2 Å². The lowest BCUT2D eigenvalue weighted by Crippen LogP contribution is -2.34. The maximum atomic E-state index is 11.5. The van der Waals surface area contributed by atoms with Crippen LogP contribution in [-0.4, -0.2) is 49.9 Å². The second-order valence-electron chi connectivity index (χ2n) is 2.88. The van der Waals surface area contributed by atoms with Crippen LogP contribution in [-0.2, 0) is 14.8 Å². The molecule has 1 atom stereocenters. The van der Waals surface area contributed by atoms with Gasteiger partial charge in [-0.2, -0.15) is 0 Å². The molecule has 0 aliphatic heterocycles. The molecule has 1 aromatic rings. The van der Waals surface area contributed by atoms with E-state index in [1.807, 2.05) is 0 Å². The highest BCUT2D eigenvalue weighted by molar-refractivity contribution is 7.89. The van der Waals surface area contributed by atoms with E-state index in [1.165, 1.54) is 19.6 Å². The lowest BCUT2D eigenvalue weighted by molar-refractivity contribution is 0.0679. The Bertz CT molecular complexity index is 375. The van der Waals surface area contributed by atoms with E-state index in [0.717, 1.165) is 0 Å². The topological polar surface area (TPSA) is 104 Å². The van der Waals surface area contributed by atoms with Crippen molar-refractivity contribution >= 4 is 10.0 Å². The minimum atomic E-state index is -3.61. The molecule has 0 radical (unpaired) electrons. The van der Waals surface area contributed by atoms with Crippen molar-refractivity contribution in [2.45, 2.75) is 11.1 Å². The average Bonchev–Trinajstić information content (AvgIpc) is 2.69. The van der Waals surface area contributed by atoms with E-state index in [2.05, 4.69) is 19.4 Å². The molecule has 0 fully saturated rings. The van der Waals surface area contributed by atoms with Crippen LogP contribution in [0, 0.1) is 0 Å². The lowest BCUT2D eigenvalue weighted by Gasteiger charge is -2.09. The Hall–Kier alpha value is -0.960. The number of aliphatic hydroxyl groups excluding tert-OH is 1. The second kappa shape index (κ2) is 5.21. The molecule has 0 spiro atoms. The molecule has 86 valence electrons. The Labute approximate surface area is 87.5 Å². The van der Waals surface area contributed by atoms with Gasteiger partial charge in [0, 0.05) is 13.7 Å². The number of aromatic amines is 1. The van der Waals surface area contributed by atoms with Crippen molar-refractivity contribution in [3.05, 3.63) is 12.5 Å². The van der Waals surface area contributed by atoms with Crippen LogP contribution < -0.4 is 4.72 Å². The third-order valence-electron chi connectivity index (χ3n) is 1.63. The van der Waals surface area contributed by atoms with Gasteiger partial charge >= 0.3 is 0 Å². The quantitative estimate of drug-likeness (QED) is 0.568. The molecule has 0 aliphatic rings. The molecule has 1 aromatic heterocycles. The standard InChI is InChI=1S/C7H13N3O4S/c1-14-4-6(11)2-10-15(12,13)7-3-8-5-9-7/h3,5-6,10-11H,2,4H2,1H3,(H,8,9). The summed E-state index contributed by atoms with van der Waals surface area (Å²) >= 11 is 0. The summed E-state index contributed by atoms with van der Waals surface area (Å²) in [5.41, 5.74) is 0. The molecule has 0 aromatic carbocycles. The Morgan fingerprint density at radius 2 is 2.47 bits per heavy atom. The van der Waals surface area contributed by atoms with Gasteiger partial charge in [-0.05, 0) is 0 Å². The van der Waals surface area contributed by atoms with Gasteiger partial charge in [0.05, 0.1) is 25.2 Å². The molecule has 1 heterocycles. The first-order valence-corrected chi connectivity index (χ1v) is 5.69. The number of aliphatic hydroxyl groups is 1. The first-order valence-electron chi connectivity index (χ1n) is 4.21. The minimum Gasteiger partial charge on any atom is -0.389 e. The minimum absolute atomic E-state index is 0.0351. The van der Waals surface area contributed by atoms with Crippen molar-refractivity contribution in [3.8, 4) is 0 Å². The summed E-state index contributed by atoms with van der Waals surface area (Å²) < 4.78 is 29.8. The van der Waals surface area contributed by atoms with Crippen molar-refractivity contribution in [2.24, 2.45) is 0 Å². The van der Waals surface area contributed by atoms with Gasteiger partial charge in [0.25, 0.3) is 10.0 Å². The molecule has 0 amide bonds. The fraction of sp³-hybridized carbons (Fsp3) is 0.571. The second-order valence-corrected chi connectivity index (χ2v) is 4.61. The number of nitrogens with zero attached hydrogens (tertiary/aromatic N) is 1. The lowest BCUT2D eigenvalue weighted by atomic mass is 10.4. The van der Waals surface area contributed by atoms with Gasteiger partial charge in [0.15, 0.2) is 5.03 Å². The fourth-order valence-electron chi connectivity index (χ4n) is 0.925. The Morgan fingerprint density at radius 1 is 1.73 bits per heavy atom. The van der Waals surface area contributed by atoms with E-state index in [0.29, 0.717) is 0 Å². The number of rotatable bonds is 6. The summed E-state index contributed by atoms with van der Waals surface area (Å²) in [5, 5.41) is 9.20. The monoisotopic (exact) mass is 235 g/mol. The molecule has 0 bridgehead atoms. The number of ether oxygens (including phenoxy) is 1. The van der Waals surface area contributed by atoms with E-state index in [1.54, 1.807) is 0 Å². The Kier molecular flexibility index (Phi) is 4.21. The van der Waals surface area contributed by atoms with Crippen LogP contribution in [0.4, 0.5) is 0 Å². The van der Waals surface area contributed by atoms with Gasteiger partial charge in [0.2, 0.25) is 0 Å². The Morgan fingerprint density at radius 3 is 3.00 bits per heavy atom. The number of methoxy groups -OCH3 is 1. The highest BCUT2D eigenvalue weighted by Gasteiger charge is 2.16. The van der Waals surface area contributed by atoms with E-state index >= 15 is 0 Å². The number of aromatic nitrogens is 2. The summed E-state index contributed by atoms with van der Waals surface area (Å²) in [5.74, 6) is 0. The molecule has 1 rings (SSSR count). The summed E-state index contributed by atoms with van der Waals surface area (Å²) in [4.78, 5) is 6.05. The zero-order chi connectivity index (χ0) is 11.3. The van der Waals surface area contributed by atoms with Crippen molar-refractivity contribution in [2.75, 3.05) is 20.3 Å². The van der Waals surface area contributed by atoms with Crippen LogP contribution in [0.3, 0.4) is 0 Å². The number of nitrogens with one attached hydrogen (secondary N) is 2. The average molecular weight is 235 g/mol. The number of imidazole rings is 1. The van der Waals surface area contributed by atoms with Gasteiger partial charge in [-0.15, -0.1) is 0 Å². The maximum absolute atomic E-state index is 11.5. The van der Waals surface area contributed by atoms with Gasteiger partial charge in [-0.25, -0.2) is 18.1 Å². The Balaban J connectivity index is 2.52. The van der Waals surface area contributed by atoms with Gasteiger partial charge < -0.3 is 14.8 Å². The zero-order valence-electron chi connectivity index (χ0n) is 8.17. The van der Waals surface area contributed by atoms with Crippen molar-refractivity contribution < 1.29 is 18.3 Å². The van der Waals surface area contributed by atoms with E-state index in [9.17, 15) is 13.5 Å². The number of sulfonamides is 1. The van der Waals surface area contributed by atoms with Crippen LogP contribution in [0.2, 0.25) is 0 Å². The molecule has 0 saturated heterocycles. The normalized spacial score (nSPS) is 14.0. The fourth-order valence-corrected chi connectivity index (χ4v) is 1.90. The molecule has 1 unspecified atom stereocenters. The predicted octanol–water partition coefficient (Wildman–Crippen LogP) is -1.30. The molecular weight excluding hydrogens is 222 g/mol. The van der Waals surface area contributed by atoms with E-state index < -0.39 is 16.1 Å². The van der Waals surface area contributed by atoms with Gasteiger partial charge in [-0.1, -0.05) is 0 Å². The zero-order valence-corrected chi connectivity index (χ0v) is 8.99. The van der Waals surface area contributed by atoms with Crippen LogP contribution in [0.15, 0.2) is 17.6 Å². The highest BCUT2D eigenvalue weighted by atomic mass is 32.2. The third-order valence-corrected chi connectivity index (χ3v) is 2.98. The molecule has 0 aliphatic carbocycles. The highest BCUT2D eigenvalue weighted by Crippen LogP contribution is 2.01. The first kappa shape index (κ1) is 12.1. The predicted molar refractivity (Wildman–Crippen MR) is 51.7 cm³/mol. The maximum Gasteiger partial charge on any atom is 0.257 e. The van der Waals surface area contributed by atoms with Crippen molar-refractivity contribution in [3.63, 3.8) is 0 Å². The third kappa shape index (κ3) is 3.59. The molecule has 7 nitrogen and oxygen atoms in total. The molecule has 3 N–H and O–H groups in total. The summed E-state index contributed by atoms with van der Waals surface area (Å²) in [6.45, 7) is -0.0271. The van der Waals surface area contributed by atoms with Crippen LogP contribution >= 0.6 is 0 Å². The molecule has 8 heteroatoms. The van der Waals surface area contributed by atoms with Gasteiger partial charge in [0.1, 0.15) is 0 Å². The number of hydrogen-bond donors (Lipinski definition) is 3. The molecule has 0 saturated carbocycles. The number of H-pyrrole nitrogens is 1. The summed E-state index contributed by atoms with van der Waals surface area (Å²) in [7, 11) is -2.19. The van der Waals surface area contributed by atoms with E-state index in [4.69, 9.17) is 0 Å². The summed E-state index contributed by atoms with van der Waals surface area (Å²) in [6.07, 6.45) is 1.58. The van der Waals surface area contributed by atoms with Crippen molar-refractivity contribution in [1.82, 2.24) is 14.7 Å². The van der Waals surface area contributed by atoms with Crippen LogP contribution in [0.5, 0.6) is 0 Å². The van der Waals surface area contributed by atoms with Crippen molar-refractivity contribution in [1.29, 1.82) is 0 Å². The molecular formula is C7H13N3O4S. The first-order chi connectivity index (χ1) is 7.06. The van der Waals surface area contributed by atoms with Crippen LogP contribution in [0.25, 0.3) is 0 Å². The van der Waals surface area contributed by atoms with Gasteiger partial charge in [-0.3, -0.25) is 0 Å². The van der Waals surface area contributed by atoms with Crippen LogP contribution in [0.1, 0.15) is 0 Å². The largest absolute Gasteiger partial charge is 0.389 e. The SMILES string of the molecule is COCC(O)CNS(=O)(=O)c1cnc[nH]1. The molecule has 15 heavy (non-hydrogen) atoms. The smallest absolute Gasteiger partial charge is 0.257 e. The number of hydrogen-bond acceptors (Lipinski definition) is 5.